The van der Waals surface area contributed by atoms with E-state index in [1.165, 1.54) is 24.3 Å². The highest BCUT2D eigenvalue weighted by Crippen LogP contribution is 2.34. The van der Waals surface area contributed by atoms with Crippen molar-refractivity contribution in [1.82, 2.24) is 0 Å². The summed E-state index contributed by atoms with van der Waals surface area (Å²) in [5.41, 5.74) is -1.56. The van der Waals surface area contributed by atoms with Crippen LogP contribution in [0.4, 0.5) is 0 Å². The van der Waals surface area contributed by atoms with Crippen molar-refractivity contribution in [3.63, 3.8) is 0 Å². The van der Waals surface area contributed by atoms with E-state index in [0.29, 0.717) is 5.56 Å². The molecule has 1 aromatic carbocycles. The predicted molar refractivity (Wildman–Crippen MR) is 86.9 cm³/mol. The molecule has 2 rings (SSSR count). The van der Waals surface area contributed by atoms with Crippen LogP contribution >= 0.6 is 0 Å². The summed E-state index contributed by atoms with van der Waals surface area (Å²) < 4.78 is 9.77. The van der Waals surface area contributed by atoms with Crippen LogP contribution in [0.2, 0.25) is 0 Å². The van der Waals surface area contributed by atoms with Gasteiger partial charge in [0.2, 0.25) is 5.60 Å². The van der Waals surface area contributed by atoms with Crippen LogP contribution in [0.25, 0.3) is 6.08 Å². The van der Waals surface area contributed by atoms with Gasteiger partial charge in [-0.15, -0.1) is 0 Å². The second-order valence-corrected chi connectivity index (χ2v) is 6.02. The average Bonchev–Trinajstić information content (AvgIpc) is 2.59. The molecule has 0 saturated heterocycles. The van der Waals surface area contributed by atoms with Crippen molar-refractivity contribution in [2.75, 3.05) is 7.11 Å². The molecule has 0 bridgehead atoms. The molecule has 0 radical (unpaired) electrons. The SMILES string of the molecule is COC(=O)C1(OC(=O)C=Cc2ccc(O)c(O)c2)C[C@@H](O)C(O)[C@H](O)C1. The predicted octanol–water partition coefficient (Wildman–Crippen LogP) is -0.558. The molecule has 0 spiro atoms. The Labute approximate surface area is 148 Å². The molecule has 9 heteroatoms. The largest absolute Gasteiger partial charge is 0.504 e. The van der Waals surface area contributed by atoms with Gasteiger partial charge in [-0.1, -0.05) is 6.07 Å². The molecule has 26 heavy (non-hydrogen) atoms. The number of ether oxygens (including phenoxy) is 2. The first kappa shape index (κ1) is 19.7. The van der Waals surface area contributed by atoms with Crippen LogP contribution in [-0.4, -0.2) is 68.5 Å². The molecular formula is C17H20O9. The van der Waals surface area contributed by atoms with Crippen molar-refractivity contribution >= 4 is 18.0 Å². The molecule has 0 aromatic heterocycles. The number of esters is 2. The third kappa shape index (κ3) is 4.13. The Bertz CT molecular complexity index is 700. The van der Waals surface area contributed by atoms with Gasteiger partial charge in [0.15, 0.2) is 11.5 Å². The van der Waals surface area contributed by atoms with Crippen LogP contribution in [0.3, 0.4) is 0 Å². The average molecular weight is 368 g/mol. The zero-order valence-electron chi connectivity index (χ0n) is 13.9. The Morgan fingerprint density at radius 1 is 1.12 bits per heavy atom. The lowest BCUT2D eigenvalue weighted by atomic mass is 9.79. The first-order valence-electron chi connectivity index (χ1n) is 7.74. The highest BCUT2D eigenvalue weighted by molar-refractivity contribution is 5.91. The fourth-order valence-corrected chi connectivity index (χ4v) is 2.77. The first-order chi connectivity index (χ1) is 12.2. The van der Waals surface area contributed by atoms with Crippen LogP contribution < -0.4 is 0 Å². The number of hydrogen-bond donors (Lipinski definition) is 5. The summed E-state index contributed by atoms with van der Waals surface area (Å²) in [6, 6.07) is 3.87. The first-order valence-corrected chi connectivity index (χ1v) is 7.74. The topological polar surface area (TPSA) is 154 Å². The summed E-state index contributed by atoms with van der Waals surface area (Å²) in [5, 5.41) is 47.9. The van der Waals surface area contributed by atoms with Crippen LogP contribution in [-0.2, 0) is 19.1 Å². The van der Waals surface area contributed by atoms with Crippen molar-refractivity contribution in [2.24, 2.45) is 0 Å². The highest BCUT2D eigenvalue weighted by atomic mass is 16.6. The Kier molecular flexibility index (Phi) is 5.86. The maximum atomic E-state index is 12.1. The number of carbonyl (C=O) groups excluding carboxylic acids is 2. The van der Waals surface area contributed by atoms with Crippen molar-refractivity contribution in [1.29, 1.82) is 0 Å². The fourth-order valence-electron chi connectivity index (χ4n) is 2.77. The smallest absolute Gasteiger partial charge is 0.350 e. The van der Waals surface area contributed by atoms with Crippen LogP contribution in [0, 0.1) is 0 Å². The molecule has 5 N–H and O–H groups in total. The lowest BCUT2D eigenvalue weighted by molar-refractivity contribution is -0.203. The number of aromatic hydroxyl groups is 2. The van der Waals surface area contributed by atoms with Crippen molar-refractivity contribution in [2.45, 2.75) is 36.8 Å². The number of carbonyl (C=O) groups is 2. The number of aliphatic hydroxyl groups is 3. The van der Waals surface area contributed by atoms with Gasteiger partial charge in [-0.3, -0.25) is 0 Å². The van der Waals surface area contributed by atoms with E-state index in [1.807, 2.05) is 0 Å². The molecule has 1 aliphatic carbocycles. The number of benzene rings is 1. The van der Waals surface area contributed by atoms with E-state index in [4.69, 9.17) is 4.74 Å². The van der Waals surface area contributed by atoms with E-state index in [9.17, 15) is 35.1 Å². The quantitative estimate of drug-likeness (QED) is 0.267. The number of methoxy groups -OCH3 is 1. The second kappa shape index (κ2) is 7.73. The minimum absolute atomic E-state index is 0.321. The normalized spacial score (nSPS) is 28.7. The zero-order valence-corrected chi connectivity index (χ0v) is 13.9. The molecule has 1 fully saturated rings. The van der Waals surface area contributed by atoms with E-state index < -0.39 is 48.7 Å². The zero-order chi connectivity index (χ0) is 19.5. The minimum Gasteiger partial charge on any atom is -0.504 e. The molecular weight excluding hydrogens is 348 g/mol. The standard InChI is InChI=1S/C17H20O9/c1-25-16(24)17(7-12(20)15(23)13(21)8-17)26-14(22)5-3-9-2-4-10(18)11(19)6-9/h2-6,12-13,15,18-21,23H,7-8H2,1H3/t12-,13-,15?,17?/m1/s1. The Hall–Kier alpha value is -2.62. The molecule has 142 valence electrons. The van der Waals surface area contributed by atoms with Crippen molar-refractivity contribution < 1.29 is 44.6 Å². The molecule has 1 saturated carbocycles. The molecule has 1 aromatic rings. The molecule has 9 nitrogen and oxygen atoms in total. The Morgan fingerprint density at radius 3 is 2.27 bits per heavy atom. The maximum absolute atomic E-state index is 12.1. The summed E-state index contributed by atoms with van der Waals surface area (Å²) in [5.74, 6) is -2.62. The monoisotopic (exact) mass is 368 g/mol. The van der Waals surface area contributed by atoms with Gasteiger partial charge in [-0.25, -0.2) is 9.59 Å². The van der Waals surface area contributed by atoms with Gasteiger partial charge >= 0.3 is 11.9 Å². The van der Waals surface area contributed by atoms with Gasteiger partial charge in [0.1, 0.15) is 6.10 Å². The lowest BCUT2D eigenvalue weighted by Gasteiger charge is -2.40. The number of hydrogen-bond acceptors (Lipinski definition) is 9. The number of phenols is 2. The maximum Gasteiger partial charge on any atom is 0.350 e. The molecule has 0 heterocycles. The van der Waals surface area contributed by atoms with E-state index in [2.05, 4.69) is 4.74 Å². The van der Waals surface area contributed by atoms with E-state index in [-0.39, 0.29) is 11.5 Å². The summed E-state index contributed by atoms with van der Waals surface area (Å²) >= 11 is 0. The summed E-state index contributed by atoms with van der Waals surface area (Å²) in [6.07, 6.45) is -3.05. The van der Waals surface area contributed by atoms with Crippen molar-refractivity contribution in [3.8, 4) is 11.5 Å². The summed E-state index contributed by atoms with van der Waals surface area (Å²) in [7, 11) is 1.07. The number of rotatable bonds is 4. The Balaban J connectivity index is 2.17. The minimum atomic E-state index is -1.94. The molecule has 1 aliphatic rings. The number of aliphatic hydroxyl groups excluding tert-OH is 3. The molecule has 0 unspecified atom stereocenters. The van der Waals surface area contributed by atoms with Gasteiger partial charge in [0, 0.05) is 18.9 Å². The number of phenolic OH excluding ortho intramolecular Hbond substituents is 2. The van der Waals surface area contributed by atoms with Gasteiger partial charge in [0.25, 0.3) is 0 Å². The third-order valence-electron chi connectivity index (χ3n) is 4.13. The fraction of sp³-hybridized carbons (Fsp3) is 0.412. The van der Waals surface area contributed by atoms with Crippen molar-refractivity contribution in [3.05, 3.63) is 29.8 Å². The lowest BCUT2D eigenvalue weighted by Crippen LogP contribution is -2.58. The van der Waals surface area contributed by atoms with Crippen LogP contribution in [0.15, 0.2) is 24.3 Å². The molecule has 0 amide bonds. The van der Waals surface area contributed by atoms with Gasteiger partial charge < -0.3 is 35.0 Å². The third-order valence-corrected chi connectivity index (χ3v) is 4.13. The van der Waals surface area contributed by atoms with E-state index in [1.54, 1.807) is 0 Å². The molecule has 2 atom stereocenters. The van der Waals surface area contributed by atoms with Gasteiger partial charge in [-0.05, 0) is 23.8 Å². The summed E-state index contributed by atoms with van der Waals surface area (Å²) in [4.78, 5) is 24.2. The Morgan fingerprint density at radius 2 is 1.73 bits per heavy atom. The summed E-state index contributed by atoms with van der Waals surface area (Å²) in [6.45, 7) is 0. The second-order valence-electron chi connectivity index (χ2n) is 6.02. The van der Waals surface area contributed by atoms with Crippen LogP contribution in [0.5, 0.6) is 11.5 Å². The van der Waals surface area contributed by atoms with Gasteiger partial charge in [-0.2, -0.15) is 0 Å². The highest BCUT2D eigenvalue weighted by Gasteiger charge is 2.53. The van der Waals surface area contributed by atoms with Gasteiger partial charge in [0.05, 0.1) is 19.3 Å². The van der Waals surface area contributed by atoms with E-state index >= 15 is 0 Å². The van der Waals surface area contributed by atoms with Crippen LogP contribution in [0.1, 0.15) is 18.4 Å². The van der Waals surface area contributed by atoms with E-state index in [0.717, 1.165) is 13.2 Å². The molecule has 0 aliphatic heterocycles.